The molecule has 0 aliphatic rings. The second kappa shape index (κ2) is 7.48. The third-order valence-corrected chi connectivity index (χ3v) is 3.77. The summed E-state index contributed by atoms with van der Waals surface area (Å²) >= 11 is 0. The normalized spacial score (nSPS) is 10.6. The van der Waals surface area contributed by atoms with Crippen LogP contribution >= 0.6 is 0 Å². The van der Waals surface area contributed by atoms with Crippen LogP contribution in [0.5, 0.6) is 0 Å². The molecule has 7 nitrogen and oxygen atoms in total. The van der Waals surface area contributed by atoms with Crippen molar-refractivity contribution in [3.8, 4) is 0 Å². The van der Waals surface area contributed by atoms with E-state index in [1.165, 1.54) is 0 Å². The van der Waals surface area contributed by atoms with E-state index >= 15 is 0 Å². The minimum absolute atomic E-state index is 0.148. The molecule has 0 saturated carbocycles. The number of nitrogens with one attached hydrogen (secondary N) is 3. The Morgan fingerprint density at radius 2 is 1.80 bits per heavy atom. The summed E-state index contributed by atoms with van der Waals surface area (Å²) < 4.78 is 0. The fourth-order valence-electron chi connectivity index (χ4n) is 2.48. The van der Waals surface area contributed by atoms with Crippen LogP contribution < -0.4 is 16.4 Å². The summed E-state index contributed by atoms with van der Waals surface area (Å²) in [6.07, 6.45) is 0.626. The molecule has 0 fully saturated rings. The number of para-hydroxylation sites is 2. The maximum atomic E-state index is 12.2. The lowest BCUT2D eigenvalue weighted by molar-refractivity contribution is 0.0954. The molecule has 0 aliphatic heterocycles. The lowest BCUT2D eigenvalue weighted by atomic mass is 10.1. The molecule has 0 atom stereocenters. The van der Waals surface area contributed by atoms with E-state index in [-0.39, 0.29) is 5.91 Å². The molecule has 0 bridgehead atoms. The maximum Gasteiger partial charge on any atom is 0.312 e. The zero-order chi connectivity index (χ0) is 17.6. The van der Waals surface area contributed by atoms with Gasteiger partial charge in [-0.3, -0.25) is 4.79 Å². The molecule has 1 aromatic heterocycles. The van der Waals surface area contributed by atoms with Gasteiger partial charge in [-0.2, -0.15) is 0 Å². The van der Waals surface area contributed by atoms with Crippen LogP contribution in [0.25, 0.3) is 11.0 Å². The van der Waals surface area contributed by atoms with Crippen LogP contribution in [0.1, 0.15) is 21.7 Å². The van der Waals surface area contributed by atoms with E-state index in [0.717, 1.165) is 22.4 Å². The van der Waals surface area contributed by atoms with Crippen LogP contribution in [-0.4, -0.2) is 28.5 Å². The monoisotopic (exact) mass is 337 g/mol. The zero-order valence-electron chi connectivity index (χ0n) is 13.6. The molecule has 25 heavy (non-hydrogen) atoms. The second-order valence-electron chi connectivity index (χ2n) is 5.62. The number of carbonyl (C=O) groups excluding carboxylic acids is 2. The van der Waals surface area contributed by atoms with Crippen LogP contribution in [0.4, 0.5) is 4.79 Å². The van der Waals surface area contributed by atoms with Crippen molar-refractivity contribution in [2.75, 3.05) is 6.54 Å². The van der Waals surface area contributed by atoms with E-state index in [1.54, 1.807) is 24.3 Å². The summed E-state index contributed by atoms with van der Waals surface area (Å²) in [6, 6.07) is 14.2. The number of aromatic nitrogens is 2. The van der Waals surface area contributed by atoms with E-state index in [1.807, 2.05) is 24.3 Å². The topological polar surface area (TPSA) is 113 Å². The van der Waals surface area contributed by atoms with Gasteiger partial charge in [-0.05, 0) is 29.8 Å². The summed E-state index contributed by atoms with van der Waals surface area (Å²) in [4.78, 5) is 30.5. The number of primary amides is 1. The number of imidazole rings is 1. The first-order valence-electron chi connectivity index (χ1n) is 7.96. The van der Waals surface area contributed by atoms with Crippen molar-refractivity contribution < 1.29 is 9.59 Å². The first-order valence-corrected chi connectivity index (χ1v) is 7.96. The van der Waals surface area contributed by atoms with Crippen molar-refractivity contribution in [3.63, 3.8) is 0 Å². The summed E-state index contributed by atoms with van der Waals surface area (Å²) in [5.74, 6) is 0.694. The van der Waals surface area contributed by atoms with Gasteiger partial charge < -0.3 is 21.4 Å². The molecule has 7 heteroatoms. The molecule has 0 spiro atoms. The van der Waals surface area contributed by atoms with Gasteiger partial charge in [0.2, 0.25) is 0 Å². The average Bonchev–Trinajstić information content (AvgIpc) is 3.03. The smallest absolute Gasteiger partial charge is 0.312 e. The molecule has 3 rings (SSSR count). The number of amides is 3. The highest BCUT2D eigenvalue weighted by molar-refractivity contribution is 5.94. The number of carbonyl (C=O) groups is 2. The van der Waals surface area contributed by atoms with Gasteiger partial charge in [-0.15, -0.1) is 0 Å². The SMILES string of the molecule is NC(=O)NCc1ccc(C(=O)NCCc2nc3ccccc3[nH]2)cc1. The molecule has 128 valence electrons. The summed E-state index contributed by atoms with van der Waals surface area (Å²) in [5, 5.41) is 5.37. The van der Waals surface area contributed by atoms with Crippen LogP contribution in [-0.2, 0) is 13.0 Å². The van der Waals surface area contributed by atoms with Crippen LogP contribution in [0.3, 0.4) is 0 Å². The Labute approximate surface area is 144 Å². The lowest BCUT2D eigenvalue weighted by Gasteiger charge is -2.06. The number of benzene rings is 2. The quantitative estimate of drug-likeness (QED) is 0.549. The predicted octanol–water partition coefficient (Wildman–Crippen LogP) is 1.70. The number of rotatable bonds is 6. The number of hydrogen-bond acceptors (Lipinski definition) is 3. The highest BCUT2D eigenvalue weighted by atomic mass is 16.2. The van der Waals surface area contributed by atoms with Crippen molar-refractivity contribution in [1.82, 2.24) is 20.6 Å². The van der Waals surface area contributed by atoms with Crippen molar-refractivity contribution in [3.05, 3.63) is 65.5 Å². The summed E-state index contributed by atoms with van der Waals surface area (Å²) in [6.45, 7) is 0.826. The molecular weight excluding hydrogens is 318 g/mol. The number of nitrogens with zero attached hydrogens (tertiary/aromatic N) is 1. The first kappa shape index (κ1) is 16.5. The molecular formula is C18H19N5O2. The van der Waals surface area contributed by atoms with Crippen LogP contribution in [0, 0.1) is 0 Å². The number of fused-ring (bicyclic) bond motifs is 1. The van der Waals surface area contributed by atoms with E-state index in [9.17, 15) is 9.59 Å². The molecule has 0 aliphatic carbocycles. The van der Waals surface area contributed by atoms with Crippen molar-refractivity contribution in [1.29, 1.82) is 0 Å². The van der Waals surface area contributed by atoms with Gasteiger partial charge in [-0.25, -0.2) is 9.78 Å². The molecule has 5 N–H and O–H groups in total. The molecule has 3 amide bonds. The number of H-pyrrole nitrogens is 1. The van der Waals surface area contributed by atoms with E-state index in [2.05, 4.69) is 20.6 Å². The Morgan fingerprint density at radius 1 is 1.04 bits per heavy atom. The van der Waals surface area contributed by atoms with E-state index in [0.29, 0.717) is 25.1 Å². The van der Waals surface area contributed by atoms with Crippen LogP contribution in [0.2, 0.25) is 0 Å². The lowest BCUT2D eigenvalue weighted by Crippen LogP contribution is -2.28. The Kier molecular flexibility index (Phi) is 4.94. The Hall–Kier alpha value is -3.35. The summed E-state index contributed by atoms with van der Waals surface area (Å²) in [5.41, 5.74) is 8.37. The maximum absolute atomic E-state index is 12.2. The highest BCUT2D eigenvalue weighted by Gasteiger charge is 2.07. The Bertz CT molecular complexity index is 853. The molecule has 2 aromatic carbocycles. The molecule has 0 saturated heterocycles. The minimum Gasteiger partial charge on any atom is -0.352 e. The fourth-order valence-corrected chi connectivity index (χ4v) is 2.48. The van der Waals surface area contributed by atoms with Crippen molar-refractivity contribution in [2.24, 2.45) is 5.73 Å². The van der Waals surface area contributed by atoms with Crippen LogP contribution in [0.15, 0.2) is 48.5 Å². The average molecular weight is 337 g/mol. The van der Waals surface area contributed by atoms with Gasteiger partial charge in [0, 0.05) is 25.1 Å². The standard InChI is InChI=1S/C18H19N5O2/c19-18(25)21-11-12-5-7-13(8-6-12)17(24)20-10-9-16-22-14-3-1-2-4-15(14)23-16/h1-8H,9-11H2,(H,20,24)(H,22,23)(H3,19,21,25). The number of urea groups is 1. The first-order chi connectivity index (χ1) is 12.1. The predicted molar refractivity (Wildman–Crippen MR) is 95.0 cm³/mol. The van der Waals surface area contributed by atoms with Crippen molar-refractivity contribution in [2.45, 2.75) is 13.0 Å². The largest absolute Gasteiger partial charge is 0.352 e. The molecule has 1 heterocycles. The number of hydrogen-bond donors (Lipinski definition) is 4. The third kappa shape index (κ3) is 4.35. The van der Waals surface area contributed by atoms with E-state index in [4.69, 9.17) is 5.73 Å². The van der Waals surface area contributed by atoms with Gasteiger partial charge in [0.25, 0.3) is 5.91 Å². The highest BCUT2D eigenvalue weighted by Crippen LogP contribution is 2.10. The fraction of sp³-hybridized carbons (Fsp3) is 0.167. The van der Waals surface area contributed by atoms with Gasteiger partial charge in [0.05, 0.1) is 11.0 Å². The summed E-state index contributed by atoms with van der Waals surface area (Å²) in [7, 11) is 0. The van der Waals surface area contributed by atoms with Crippen molar-refractivity contribution >= 4 is 23.0 Å². The van der Waals surface area contributed by atoms with Gasteiger partial charge >= 0.3 is 6.03 Å². The Balaban J connectivity index is 1.51. The van der Waals surface area contributed by atoms with Gasteiger partial charge in [0.1, 0.15) is 5.82 Å². The number of aromatic amines is 1. The van der Waals surface area contributed by atoms with Gasteiger partial charge in [0.15, 0.2) is 0 Å². The zero-order valence-corrected chi connectivity index (χ0v) is 13.6. The second-order valence-corrected chi connectivity index (χ2v) is 5.62. The molecule has 0 unspecified atom stereocenters. The third-order valence-electron chi connectivity index (χ3n) is 3.77. The van der Waals surface area contributed by atoms with E-state index < -0.39 is 6.03 Å². The molecule has 3 aromatic rings. The van der Waals surface area contributed by atoms with Gasteiger partial charge in [-0.1, -0.05) is 24.3 Å². The number of nitrogens with two attached hydrogens (primary N) is 1. The Morgan fingerprint density at radius 3 is 2.52 bits per heavy atom. The minimum atomic E-state index is -0.576. The molecule has 0 radical (unpaired) electrons.